The van der Waals surface area contributed by atoms with Gasteiger partial charge in [0.25, 0.3) is 0 Å². The minimum Gasteiger partial charge on any atom is -0.0622 e. The molecule has 1 saturated carbocycles. The van der Waals surface area contributed by atoms with E-state index in [2.05, 4.69) is 121 Å². The van der Waals surface area contributed by atoms with Crippen LogP contribution in [0.3, 0.4) is 0 Å². The van der Waals surface area contributed by atoms with Crippen LogP contribution in [-0.2, 0) is 0 Å². The van der Waals surface area contributed by atoms with Gasteiger partial charge in [-0.1, -0.05) is 134 Å². The summed E-state index contributed by atoms with van der Waals surface area (Å²) in [4.78, 5) is 0. The SMILES string of the molecule is c1ccc(P(c2ccccc2)[C@@H]2CCCC[C@H]2P(c2ccccc2)c2ccccc2)cc1. The first-order valence-corrected chi connectivity index (χ1v) is 14.5. The second-order valence-corrected chi connectivity index (χ2v) is 13.4. The van der Waals surface area contributed by atoms with Gasteiger partial charge >= 0.3 is 0 Å². The minimum absolute atomic E-state index is 0.405. The molecule has 1 fully saturated rings. The van der Waals surface area contributed by atoms with Gasteiger partial charge in [0, 0.05) is 0 Å². The van der Waals surface area contributed by atoms with Crippen LogP contribution < -0.4 is 21.2 Å². The van der Waals surface area contributed by atoms with Crippen LogP contribution >= 0.6 is 15.8 Å². The van der Waals surface area contributed by atoms with Crippen molar-refractivity contribution in [3.05, 3.63) is 121 Å². The van der Waals surface area contributed by atoms with Gasteiger partial charge in [0.05, 0.1) is 0 Å². The molecular weight excluding hydrogens is 422 g/mol. The Hall–Kier alpha value is -2.26. The summed E-state index contributed by atoms with van der Waals surface area (Å²) >= 11 is 0. The van der Waals surface area contributed by atoms with Gasteiger partial charge in [-0.2, -0.15) is 0 Å². The fourth-order valence-electron chi connectivity index (χ4n) is 5.11. The quantitative estimate of drug-likeness (QED) is 0.291. The summed E-state index contributed by atoms with van der Waals surface area (Å²) in [6, 6.07) is 45.4. The molecule has 0 heterocycles. The van der Waals surface area contributed by atoms with Crippen molar-refractivity contribution in [3.8, 4) is 0 Å². The molecule has 0 bridgehead atoms. The van der Waals surface area contributed by atoms with E-state index >= 15 is 0 Å². The zero-order valence-electron chi connectivity index (χ0n) is 18.4. The van der Waals surface area contributed by atoms with Crippen molar-refractivity contribution >= 4 is 37.1 Å². The number of hydrogen-bond donors (Lipinski definition) is 0. The van der Waals surface area contributed by atoms with Crippen LogP contribution in [0.5, 0.6) is 0 Å². The van der Waals surface area contributed by atoms with Gasteiger partial charge in [-0.05, 0) is 61.2 Å². The largest absolute Gasteiger partial charge is 0.0622 e. The van der Waals surface area contributed by atoms with E-state index in [1.807, 2.05) is 0 Å². The summed E-state index contributed by atoms with van der Waals surface area (Å²) in [5.41, 5.74) is 1.41. The smallest absolute Gasteiger partial charge is 0.00551 e. The molecule has 0 amide bonds. The topological polar surface area (TPSA) is 0 Å². The Kier molecular flexibility index (Phi) is 7.13. The molecule has 1 aliphatic carbocycles. The van der Waals surface area contributed by atoms with Gasteiger partial charge in [-0.3, -0.25) is 0 Å². The van der Waals surface area contributed by atoms with E-state index in [4.69, 9.17) is 0 Å². The predicted molar refractivity (Wildman–Crippen MR) is 144 cm³/mol. The second-order valence-electron chi connectivity index (χ2n) is 8.50. The van der Waals surface area contributed by atoms with Crippen molar-refractivity contribution in [2.24, 2.45) is 0 Å². The van der Waals surface area contributed by atoms with E-state index in [1.165, 1.54) is 46.9 Å². The lowest BCUT2D eigenvalue weighted by Crippen LogP contribution is -2.37. The van der Waals surface area contributed by atoms with Gasteiger partial charge in [0.1, 0.15) is 0 Å². The second kappa shape index (κ2) is 10.6. The monoisotopic (exact) mass is 452 g/mol. The van der Waals surface area contributed by atoms with Crippen molar-refractivity contribution < 1.29 is 0 Å². The average molecular weight is 453 g/mol. The third-order valence-corrected chi connectivity index (χ3v) is 12.7. The van der Waals surface area contributed by atoms with Gasteiger partial charge < -0.3 is 0 Å². The van der Waals surface area contributed by atoms with Gasteiger partial charge in [0.2, 0.25) is 0 Å². The number of benzene rings is 4. The molecule has 1 aliphatic rings. The number of hydrogen-bond acceptors (Lipinski definition) is 0. The standard InChI is InChI=1S/C30H30P2/c1-5-15-25(16-6-1)31(26-17-7-2-8-18-26)29-23-13-14-24-30(29)32(27-19-9-3-10-20-27)28-21-11-4-12-22-28/h1-12,15-22,29-30H,13-14,23-24H2/t29-,30-/m1/s1. The maximum Gasteiger partial charge on any atom is -0.00551 e. The van der Waals surface area contributed by atoms with Gasteiger partial charge in [-0.25, -0.2) is 0 Å². The van der Waals surface area contributed by atoms with Crippen molar-refractivity contribution in [3.63, 3.8) is 0 Å². The van der Waals surface area contributed by atoms with Crippen LogP contribution in [0.1, 0.15) is 25.7 Å². The van der Waals surface area contributed by atoms with Crippen molar-refractivity contribution in [2.45, 2.75) is 37.0 Å². The molecule has 0 radical (unpaired) electrons. The molecule has 32 heavy (non-hydrogen) atoms. The Morgan fingerprint density at radius 2 is 0.625 bits per heavy atom. The van der Waals surface area contributed by atoms with E-state index < -0.39 is 15.8 Å². The fourth-order valence-corrected chi connectivity index (χ4v) is 11.9. The number of rotatable bonds is 6. The Balaban J connectivity index is 1.62. The Labute approximate surface area is 195 Å². The van der Waals surface area contributed by atoms with E-state index in [1.54, 1.807) is 0 Å². The third kappa shape index (κ3) is 4.73. The van der Waals surface area contributed by atoms with Crippen LogP contribution in [0.15, 0.2) is 121 Å². The highest BCUT2D eigenvalue weighted by molar-refractivity contribution is 7.77. The lowest BCUT2D eigenvalue weighted by Gasteiger charge is -2.42. The predicted octanol–water partition coefficient (Wildman–Crippen LogP) is 6.56. The molecule has 2 atom stereocenters. The fraction of sp³-hybridized carbons (Fsp3) is 0.200. The lowest BCUT2D eigenvalue weighted by atomic mass is 9.99. The molecular formula is C30H30P2. The van der Waals surface area contributed by atoms with Crippen LogP contribution in [0.2, 0.25) is 0 Å². The minimum atomic E-state index is -0.405. The van der Waals surface area contributed by atoms with Crippen LogP contribution in [0.25, 0.3) is 0 Å². The van der Waals surface area contributed by atoms with E-state index in [0.717, 1.165) is 0 Å². The molecule has 2 heteroatoms. The molecule has 160 valence electrons. The first-order chi connectivity index (χ1) is 15.9. The molecule has 0 saturated heterocycles. The Morgan fingerprint density at radius 3 is 0.875 bits per heavy atom. The molecule has 4 aromatic carbocycles. The van der Waals surface area contributed by atoms with Crippen LogP contribution in [0.4, 0.5) is 0 Å². The summed E-state index contributed by atoms with van der Waals surface area (Å²) in [5.74, 6) is 0. The van der Waals surface area contributed by atoms with Crippen molar-refractivity contribution in [2.75, 3.05) is 0 Å². The highest BCUT2D eigenvalue weighted by atomic mass is 31.1. The highest BCUT2D eigenvalue weighted by Crippen LogP contribution is 2.56. The summed E-state index contributed by atoms with van der Waals surface area (Å²) in [6.45, 7) is 0. The Morgan fingerprint density at radius 1 is 0.375 bits per heavy atom. The highest BCUT2D eigenvalue weighted by Gasteiger charge is 2.38. The molecule has 5 rings (SSSR count). The zero-order valence-corrected chi connectivity index (χ0v) is 20.2. The van der Waals surface area contributed by atoms with Gasteiger partial charge in [0.15, 0.2) is 0 Å². The molecule has 4 aromatic rings. The van der Waals surface area contributed by atoms with E-state index in [0.29, 0.717) is 11.3 Å². The first kappa shape index (κ1) is 21.6. The molecule has 0 aliphatic heterocycles. The summed E-state index contributed by atoms with van der Waals surface area (Å²) in [6.07, 6.45) is 5.37. The zero-order chi connectivity index (χ0) is 21.6. The molecule has 0 nitrogen and oxygen atoms in total. The van der Waals surface area contributed by atoms with Crippen molar-refractivity contribution in [1.82, 2.24) is 0 Å². The van der Waals surface area contributed by atoms with E-state index in [-0.39, 0.29) is 0 Å². The molecule has 0 spiro atoms. The lowest BCUT2D eigenvalue weighted by molar-refractivity contribution is 0.521. The maximum atomic E-state index is 2.37. The van der Waals surface area contributed by atoms with Crippen LogP contribution in [0, 0.1) is 0 Å². The normalized spacial score (nSPS) is 18.7. The maximum absolute atomic E-state index is 2.37. The summed E-state index contributed by atoms with van der Waals surface area (Å²) in [5, 5.41) is 6.12. The summed E-state index contributed by atoms with van der Waals surface area (Å²) in [7, 11) is -0.811. The van der Waals surface area contributed by atoms with Crippen LogP contribution in [-0.4, -0.2) is 11.3 Å². The third-order valence-electron chi connectivity index (χ3n) is 6.49. The van der Waals surface area contributed by atoms with Crippen molar-refractivity contribution in [1.29, 1.82) is 0 Å². The first-order valence-electron chi connectivity index (χ1n) is 11.7. The molecule has 0 unspecified atom stereocenters. The van der Waals surface area contributed by atoms with E-state index in [9.17, 15) is 0 Å². The summed E-state index contributed by atoms with van der Waals surface area (Å²) < 4.78 is 0. The van der Waals surface area contributed by atoms with Gasteiger partial charge in [-0.15, -0.1) is 0 Å². The molecule has 0 aromatic heterocycles. The molecule has 0 N–H and O–H groups in total. The Bertz CT molecular complexity index is 911. The average Bonchev–Trinajstić information content (AvgIpc) is 2.88.